The number of amides is 2. The Hall–Kier alpha value is -1.96. The second-order valence-electron chi connectivity index (χ2n) is 4.46. The van der Waals surface area contributed by atoms with Gasteiger partial charge in [-0.2, -0.15) is 0 Å². The molecule has 1 saturated heterocycles. The van der Waals surface area contributed by atoms with E-state index in [4.69, 9.17) is 20.9 Å². The zero-order valence-electron chi connectivity index (χ0n) is 10.9. The van der Waals surface area contributed by atoms with Crippen LogP contribution in [0.2, 0.25) is 0 Å². The number of carbonyl (C=O) groups is 2. The Morgan fingerprint density at radius 2 is 1.85 bits per heavy atom. The number of nitrogens with one attached hydrogen (secondary N) is 1. The molecule has 1 aromatic rings. The van der Waals surface area contributed by atoms with E-state index >= 15 is 0 Å². The van der Waals surface area contributed by atoms with Gasteiger partial charge >= 0.3 is 0 Å². The van der Waals surface area contributed by atoms with Crippen LogP contribution in [0.4, 0.5) is 5.69 Å². The Kier molecular flexibility index (Phi) is 4.67. The zero-order chi connectivity index (χ0) is 14.5. The Balaban J connectivity index is 1.93. The SMILES string of the molecule is NC(=O)CC(N)C(=O)Nc1ccc(C2OCCO2)cc1. The molecule has 0 aromatic heterocycles. The number of hydrogen-bond acceptors (Lipinski definition) is 5. The number of benzene rings is 1. The van der Waals surface area contributed by atoms with Crippen molar-refractivity contribution in [1.82, 2.24) is 0 Å². The fraction of sp³-hybridized carbons (Fsp3) is 0.385. The van der Waals surface area contributed by atoms with Crippen LogP contribution in [0.25, 0.3) is 0 Å². The smallest absolute Gasteiger partial charge is 0.241 e. The molecule has 20 heavy (non-hydrogen) atoms. The van der Waals surface area contributed by atoms with E-state index in [1.54, 1.807) is 24.3 Å². The minimum Gasteiger partial charge on any atom is -0.370 e. The van der Waals surface area contributed by atoms with Crippen molar-refractivity contribution in [3.05, 3.63) is 29.8 Å². The van der Waals surface area contributed by atoms with Crippen molar-refractivity contribution < 1.29 is 19.1 Å². The molecular formula is C13H17N3O4. The molecule has 108 valence electrons. The predicted octanol–water partition coefficient (Wildman–Crippen LogP) is -0.127. The van der Waals surface area contributed by atoms with Crippen molar-refractivity contribution >= 4 is 17.5 Å². The van der Waals surface area contributed by atoms with Gasteiger partial charge in [0.1, 0.15) is 0 Å². The first-order valence-electron chi connectivity index (χ1n) is 6.24. The third-order valence-electron chi connectivity index (χ3n) is 2.83. The summed E-state index contributed by atoms with van der Waals surface area (Å²) >= 11 is 0. The largest absolute Gasteiger partial charge is 0.370 e. The molecule has 0 bridgehead atoms. The quantitative estimate of drug-likeness (QED) is 0.694. The molecule has 1 atom stereocenters. The zero-order valence-corrected chi connectivity index (χ0v) is 10.9. The van der Waals surface area contributed by atoms with E-state index in [1.807, 2.05) is 0 Å². The highest BCUT2D eigenvalue weighted by molar-refractivity contribution is 5.97. The van der Waals surface area contributed by atoms with Gasteiger partial charge in [-0.25, -0.2) is 0 Å². The van der Waals surface area contributed by atoms with Gasteiger partial charge in [0, 0.05) is 11.3 Å². The van der Waals surface area contributed by atoms with Gasteiger partial charge in [-0.05, 0) is 12.1 Å². The van der Waals surface area contributed by atoms with Gasteiger partial charge in [-0.1, -0.05) is 12.1 Å². The molecule has 7 heteroatoms. The summed E-state index contributed by atoms with van der Waals surface area (Å²) in [6.45, 7) is 1.15. The molecular weight excluding hydrogens is 262 g/mol. The third-order valence-corrected chi connectivity index (χ3v) is 2.83. The van der Waals surface area contributed by atoms with Crippen LogP contribution in [0.1, 0.15) is 18.3 Å². The second-order valence-corrected chi connectivity index (χ2v) is 4.46. The molecule has 1 fully saturated rings. The van der Waals surface area contributed by atoms with Crippen molar-refractivity contribution in [1.29, 1.82) is 0 Å². The lowest BCUT2D eigenvalue weighted by atomic mass is 10.1. The van der Waals surface area contributed by atoms with Gasteiger partial charge in [0.25, 0.3) is 0 Å². The first kappa shape index (κ1) is 14.4. The molecule has 0 spiro atoms. The van der Waals surface area contributed by atoms with Crippen molar-refractivity contribution in [3.8, 4) is 0 Å². The topological polar surface area (TPSA) is 117 Å². The molecule has 1 aliphatic heterocycles. The number of anilines is 1. The fourth-order valence-electron chi connectivity index (χ4n) is 1.82. The minimum absolute atomic E-state index is 0.187. The number of hydrogen-bond donors (Lipinski definition) is 3. The Labute approximate surface area is 116 Å². The number of ether oxygens (including phenoxy) is 2. The fourth-order valence-corrected chi connectivity index (χ4v) is 1.82. The molecule has 0 radical (unpaired) electrons. The molecule has 5 N–H and O–H groups in total. The highest BCUT2D eigenvalue weighted by Crippen LogP contribution is 2.24. The molecule has 1 aliphatic rings. The van der Waals surface area contributed by atoms with Crippen molar-refractivity contribution in [2.75, 3.05) is 18.5 Å². The van der Waals surface area contributed by atoms with Gasteiger partial charge in [0.05, 0.1) is 25.7 Å². The second kappa shape index (κ2) is 6.47. The van der Waals surface area contributed by atoms with Crippen LogP contribution < -0.4 is 16.8 Å². The lowest BCUT2D eigenvalue weighted by molar-refractivity contribution is -0.123. The van der Waals surface area contributed by atoms with Crippen LogP contribution in [0.5, 0.6) is 0 Å². The summed E-state index contributed by atoms with van der Waals surface area (Å²) in [6.07, 6.45) is -0.537. The van der Waals surface area contributed by atoms with Crippen LogP contribution in [-0.2, 0) is 19.1 Å². The van der Waals surface area contributed by atoms with Crippen LogP contribution in [0.15, 0.2) is 24.3 Å². The van der Waals surface area contributed by atoms with E-state index in [-0.39, 0.29) is 12.7 Å². The summed E-state index contributed by atoms with van der Waals surface area (Å²) in [4.78, 5) is 22.4. The summed E-state index contributed by atoms with van der Waals surface area (Å²) in [5.74, 6) is -1.07. The van der Waals surface area contributed by atoms with Crippen LogP contribution >= 0.6 is 0 Å². The maximum absolute atomic E-state index is 11.7. The maximum Gasteiger partial charge on any atom is 0.241 e. The molecule has 0 saturated carbocycles. The van der Waals surface area contributed by atoms with Crippen LogP contribution in [0.3, 0.4) is 0 Å². The summed E-state index contributed by atoms with van der Waals surface area (Å²) in [6, 6.07) is 6.08. The number of primary amides is 1. The molecule has 2 rings (SSSR count). The number of carbonyl (C=O) groups excluding carboxylic acids is 2. The summed E-state index contributed by atoms with van der Waals surface area (Å²) in [5, 5.41) is 2.61. The average Bonchev–Trinajstić information content (AvgIpc) is 2.92. The van der Waals surface area contributed by atoms with Crippen molar-refractivity contribution in [3.63, 3.8) is 0 Å². The van der Waals surface area contributed by atoms with Gasteiger partial charge in [0.15, 0.2) is 6.29 Å². The predicted molar refractivity (Wildman–Crippen MR) is 71.5 cm³/mol. The highest BCUT2D eigenvalue weighted by atomic mass is 16.7. The van der Waals surface area contributed by atoms with E-state index < -0.39 is 17.9 Å². The minimum atomic E-state index is -0.950. The normalized spacial score (nSPS) is 16.9. The molecule has 0 aliphatic carbocycles. The third kappa shape index (κ3) is 3.77. The number of rotatable bonds is 5. The molecule has 2 amide bonds. The molecule has 1 heterocycles. The van der Waals surface area contributed by atoms with Crippen LogP contribution in [0, 0.1) is 0 Å². The standard InChI is InChI=1S/C13H17N3O4/c14-10(7-11(15)17)12(18)16-9-3-1-8(2-4-9)13-19-5-6-20-13/h1-4,10,13H,5-7,14H2,(H2,15,17)(H,16,18). The maximum atomic E-state index is 11.7. The highest BCUT2D eigenvalue weighted by Gasteiger charge is 2.19. The van der Waals surface area contributed by atoms with Crippen molar-refractivity contribution in [2.24, 2.45) is 11.5 Å². The molecule has 1 unspecified atom stereocenters. The lowest BCUT2D eigenvalue weighted by Crippen LogP contribution is -2.38. The van der Waals surface area contributed by atoms with Gasteiger partial charge in [0.2, 0.25) is 11.8 Å². The van der Waals surface area contributed by atoms with E-state index in [1.165, 1.54) is 0 Å². The van der Waals surface area contributed by atoms with Gasteiger partial charge in [-0.15, -0.1) is 0 Å². The van der Waals surface area contributed by atoms with E-state index in [0.717, 1.165) is 5.56 Å². The Morgan fingerprint density at radius 1 is 1.25 bits per heavy atom. The lowest BCUT2D eigenvalue weighted by Gasteiger charge is -2.12. The van der Waals surface area contributed by atoms with E-state index in [0.29, 0.717) is 18.9 Å². The monoisotopic (exact) mass is 279 g/mol. The summed E-state index contributed by atoms with van der Waals surface area (Å²) < 4.78 is 10.7. The van der Waals surface area contributed by atoms with Gasteiger partial charge in [-0.3, -0.25) is 9.59 Å². The Bertz CT molecular complexity index is 483. The van der Waals surface area contributed by atoms with Crippen molar-refractivity contribution in [2.45, 2.75) is 18.8 Å². The number of nitrogens with two attached hydrogens (primary N) is 2. The van der Waals surface area contributed by atoms with E-state index in [2.05, 4.69) is 5.32 Å². The first-order valence-corrected chi connectivity index (χ1v) is 6.24. The molecule has 1 aromatic carbocycles. The summed E-state index contributed by atoms with van der Waals surface area (Å²) in [5.41, 5.74) is 12.0. The molecule has 7 nitrogen and oxygen atoms in total. The Morgan fingerprint density at radius 3 is 2.40 bits per heavy atom. The average molecular weight is 279 g/mol. The van der Waals surface area contributed by atoms with E-state index in [9.17, 15) is 9.59 Å². The van der Waals surface area contributed by atoms with Gasteiger partial charge < -0.3 is 26.3 Å². The summed E-state index contributed by atoms with van der Waals surface area (Å²) in [7, 11) is 0. The van der Waals surface area contributed by atoms with Crippen LogP contribution in [-0.4, -0.2) is 31.1 Å². The first-order chi connectivity index (χ1) is 9.56.